The summed E-state index contributed by atoms with van der Waals surface area (Å²) in [7, 11) is 0. The number of carbonyl (C=O) groups excluding carboxylic acids is 1. The van der Waals surface area contributed by atoms with E-state index in [1.54, 1.807) is 6.07 Å². The Bertz CT molecular complexity index is 1150. The van der Waals surface area contributed by atoms with Crippen molar-refractivity contribution >= 4 is 23.5 Å². The van der Waals surface area contributed by atoms with Gasteiger partial charge in [0.05, 0.1) is 5.41 Å². The van der Waals surface area contributed by atoms with Gasteiger partial charge >= 0.3 is 6.29 Å². The first-order chi connectivity index (χ1) is 16.0. The molecule has 1 unspecified atom stereocenters. The van der Waals surface area contributed by atoms with Gasteiger partial charge in [-0.05, 0) is 78.8 Å². The van der Waals surface area contributed by atoms with Crippen molar-refractivity contribution in [3.05, 3.63) is 47.5 Å². The maximum Gasteiger partial charge on any atom is 0.586 e. The SMILES string of the molecule is CC(C)(C)C1Cc2cc(NC(=O)C3(c4ccc5c(c4)OC(F)(F)O5)CC3)ccc2N1CCC=N. The molecule has 0 bridgehead atoms. The zero-order valence-corrected chi connectivity index (χ0v) is 19.6. The molecule has 180 valence electrons. The molecule has 2 N–H and O–H groups in total. The second-order valence-electron chi connectivity index (χ2n) is 10.5. The number of nitrogens with one attached hydrogen (secondary N) is 2. The van der Waals surface area contributed by atoms with E-state index in [1.165, 1.54) is 23.9 Å². The summed E-state index contributed by atoms with van der Waals surface area (Å²) in [5.41, 5.74) is 3.02. The highest BCUT2D eigenvalue weighted by atomic mass is 19.3. The fourth-order valence-corrected chi connectivity index (χ4v) is 5.12. The number of fused-ring (bicyclic) bond motifs is 2. The van der Waals surface area contributed by atoms with Crippen LogP contribution >= 0.6 is 0 Å². The molecule has 3 aliphatic rings. The molecule has 1 amide bonds. The van der Waals surface area contributed by atoms with E-state index < -0.39 is 11.7 Å². The van der Waals surface area contributed by atoms with Gasteiger partial charge < -0.3 is 25.1 Å². The van der Waals surface area contributed by atoms with Gasteiger partial charge in [-0.1, -0.05) is 26.8 Å². The van der Waals surface area contributed by atoms with E-state index in [0.717, 1.165) is 24.3 Å². The van der Waals surface area contributed by atoms with Crippen molar-refractivity contribution in [2.45, 2.75) is 64.2 Å². The maximum atomic E-state index is 13.4. The van der Waals surface area contributed by atoms with Crippen LogP contribution in [0.4, 0.5) is 20.2 Å². The molecular weight excluding hydrogens is 440 g/mol. The summed E-state index contributed by atoms with van der Waals surface area (Å²) in [6, 6.07) is 10.9. The van der Waals surface area contributed by atoms with Crippen molar-refractivity contribution in [3.8, 4) is 11.5 Å². The van der Waals surface area contributed by atoms with Crippen molar-refractivity contribution in [1.82, 2.24) is 0 Å². The lowest BCUT2D eigenvalue weighted by molar-refractivity contribution is -0.286. The van der Waals surface area contributed by atoms with Crippen LogP contribution in [0, 0.1) is 10.8 Å². The normalized spacial score (nSPS) is 21.2. The summed E-state index contributed by atoms with van der Waals surface area (Å²) in [6.45, 7) is 7.46. The lowest BCUT2D eigenvalue weighted by atomic mass is 9.84. The van der Waals surface area contributed by atoms with Gasteiger partial charge in [-0.25, -0.2) is 0 Å². The van der Waals surface area contributed by atoms with Crippen LogP contribution in [-0.4, -0.2) is 31.0 Å². The van der Waals surface area contributed by atoms with Crippen LogP contribution in [0.2, 0.25) is 0 Å². The number of benzene rings is 2. The summed E-state index contributed by atoms with van der Waals surface area (Å²) >= 11 is 0. The molecule has 2 aliphatic heterocycles. The molecule has 0 spiro atoms. The van der Waals surface area contributed by atoms with Crippen molar-refractivity contribution in [2.75, 3.05) is 16.8 Å². The van der Waals surface area contributed by atoms with E-state index in [1.807, 2.05) is 18.2 Å². The molecule has 5 rings (SSSR count). The average molecular weight is 470 g/mol. The van der Waals surface area contributed by atoms with Crippen LogP contribution in [0.3, 0.4) is 0 Å². The number of anilines is 2. The highest BCUT2D eigenvalue weighted by molar-refractivity contribution is 6.01. The number of hydrogen-bond acceptors (Lipinski definition) is 5. The molecular formula is C26H29F2N3O3. The minimum atomic E-state index is -3.68. The van der Waals surface area contributed by atoms with Crippen molar-refractivity contribution in [1.29, 1.82) is 5.41 Å². The van der Waals surface area contributed by atoms with Gasteiger partial charge in [-0.15, -0.1) is 8.78 Å². The Labute approximate surface area is 197 Å². The van der Waals surface area contributed by atoms with Crippen LogP contribution in [0.1, 0.15) is 51.2 Å². The third-order valence-corrected chi connectivity index (χ3v) is 7.09. The van der Waals surface area contributed by atoms with E-state index in [0.29, 0.717) is 30.9 Å². The number of hydrogen-bond donors (Lipinski definition) is 2. The molecule has 0 aromatic heterocycles. The van der Waals surface area contributed by atoms with Gasteiger partial charge in [-0.2, -0.15) is 0 Å². The van der Waals surface area contributed by atoms with Gasteiger partial charge in [0.15, 0.2) is 11.5 Å². The quantitative estimate of drug-likeness (QED) is 0.548. The molecule has 2 aromatic carbocycles. The van der Waals surface area contributed by atoms with Crippen LogP contribution in [0.25, 0.3) is 0 Å². The van der Waals surface area contributed by atoms with Gasteiger partial charge in [0.2, 0.25) is 5.91 Å². The fraction of sp³-hybridized carbons (Fsp3) is 0.462. The molecule has 1 fully saturated rings. The molecule has 1 aliphatic carbocycles. The number of rotatable bonds is 6. The minimum absolute atomic E-state index is 0.0236. The van der Waals surface area contributed by atoms with Gasteiger partial charge in [-0.3, -0.25) is 4.79 Å². The third kappa shape index (κ3) is 3.89. The first-order valence-corrected chi connectivity index (χ1v) is 11.6. The average Bonchev–Trinajstić information content (AvgIpc) is 3.39. The molecule has 34 heavy (non-hydrogen) atoms. The van der Waals surface area contributed by atoms with Gasteiger partial charge in [0.1, 0.15) is 0 Å². The predicted molar refractivity (Wildman–Crippen MR) is 126 cm³/mol. The zero-order chi connectivity index (χ0) is 24.3. The molecule has 0 radical (unpaired) electrons. The molecule has 1 atom stereocenters. The molecule has 8 heteroatoms. The van der Waals surface area contributed by atoms with E-state index >= 15 is 0 Å². The van der Waals surface area contributed by atoms with Gasteiger partial charge in [0.25, 0.3) is 0 Å². The summed E-state index contributed by atoms with van der Waals surface area (Å²) in [5, 5.41) is 10.5. The number of nitrogens with zero attached hydrogens (tertiary/aromatic N) is 1. The van der Waals surface area contributed by atoms with E-state index in [4.69, 9.17) is 5.41 Å². The lowest BCUT2D eigenvalue weighted by Crippen LogP contribution is -2.42. The molecule has 2 heterocycles. The molecule has 6 nitrogen and oxygen atoms in total. The monoisotopic (exact) mass is 469 g/mol. The fourth-order valence-electron chi connectivity index (χ4n) is 5.12. The molecule has 1 saturated carbocycles. The number of halogens is 2. The second kappa shape index (κ2) is 7.68. The standard InChI is InChI=1S/C26H29F2N3O3/c1-24(2,3)22-14-16-13-18(6-7-19(16)31(22)12-4-11-29)30-23(32)25(9-10-25)17-5-8-20-21(15-17)34-26(27,28)33-20/h5-8,11,13,15,22,29H,4,9-10,12,14H2,1-3H3,(H,30,32). The number of carbonyl (C=O) groups is 1. The number of ether oxygens (including phenoxy) is 2. The highest BCUT2D eigenvalue weighted by Gasteiger charge is 2.53. The van der Waals surface area contributed by atoms with Gasteiger partial charge in [0, 0.05) is 24.0 Å². The maximum absolute atomic E-state index is 13.4. The minimum Gasteiger partial charge on any atom is -0.395 e. The summed E-state index contributed by atoms with van der Waals surface area (Å²) < 4.78 is 35.8. The van der Waals surface area contributed by atoms with Crippen molar-refractivity contribution in [2.24, 2.45) is 5.41 Å². The molecule has 2 aromatic rings. The smallest absolute Gasteiger partial charge is 0.395 e. The van der Waals surface area contributed by atoms with E-state index in [2.05, 4.69) is 40.5 Å². The van der Waals surface area contributed by atoms with Crippen LogP contribution in [0.5, 0.6) is 11.5 Å². The first-order valence-electron chi connectivity index (χ1n) is 11.6. The third-order valence-electron chi connectivity index (χ3n) is 7.09. The largest absolute Gasteiger partial charge is 0.586 e. The zero-order valence-electron chi connectivity index (χ0n) is 19.6. The summed E-state index contributed by atoms with van der Waals surface area (Å²) in [6.07, 6.45) is 0.615. The van der Waals surface area contributed by atoms with E-state index in [9.17, 15) is 13.6 Å². The summed E-state index contributed by atoms with van der Waals surface area (Å²) in [5.74, 6) is -0.217. The lowest BCUT2D eigenvalue weighted by Gasteiger charge is -2.36. The first kappa shape index (κ1) is 22.6. The van der Waals surface area contributed by atoms with Crippen LogP contribution in [0.15, 0.2) is 36.4 Å². The second-order valence-corrected chi connectivity index (χ2v) is 10.5. The van der Waals surface area contributed by atoms with Crippen molar-refractivity contribution in [3.63, 3.8) is 0 Å². The molecule has 0 saturated heterocycles. The summed E-state index contributed by atoms with van der Waals surface area (Å²) in [4.78, 5) is 15.7. The number of amides is 1. The van der Waals surface area contributed by atoms with Crippen LogP contribution < -0.4 is 19.7 Å². The van der Waals surface area contributed by atoms with Crippen molar-refractivity contribution < 1.29 is 23.0 Å². The Morgan fingerprint density at radius 3 is 2.59 bits per heavy atom. The van der Waals surface area contributed by atoms with Crippen LogP contribution in [-0.2, 0) is 16.6 Å². The Morgan fingerprint density at radius 1 is 1.18 bits per heavy atom. The Morgan fingerprint density at radius 2 is 1.91 bits per heavy atom. The number of alkyl halides is 2. The highest BCUT2D eigenvalue weighted by Crippen LogP contribution is 2.52. The topological polar surface area (TPSA) is 74.7 Å². The Kier molecular flexibility index (Phi) is 5.11. The predicted octanol–water partition coefficient (Wildman–Crippen LogP) is 5.50. The van der Waals surface area contributed by atoms with E-state index in [-0.39, 0.29) is 22.8 Å². The Balaban J connectivity index is 1.35. The Hall–Kier alpha value is -3.16.